The predicted molar refractivity (Wildman–Crippen MR) is 74.1 cm³/mol. The minimum atomic E-state index is 0.205. The van der Waals surface area contributed by atoms with Crippen LogP contribution in [0.4, 0.5) is 5.13 Å². The maximum Gasteiger partial charge on any atom is 0.203 e. The lowest BCUT2D eigenvalue weighted by Gasteiger charge is -2.22. The molecule has 0 saturated carbocycles. The summed E-state index contributed by atoms with van der Waals surface area (Å²) in [5.74, 6) is 2.52. The normalized spacial score (nSPS) is 18.6. The third-order valence-corrected chi connectivity index (χ3v) is 3.86. The molecule has 1 aliphatic heterocycles. The number of hydrogen-bond acceptors (Lipinski definition) is 6. The van der Waals surface area contributed by atoms with Crippen LogP contribution in [-0.2, 0) is 13.0 Å². The summed E-state index contributed by atoms with van der Waals surface area (Å²) in [4.78, 5) is 8.88. The summed E-state index contributed by atoms with van der Waals surface area (Å²) >= 11 is 1.43. The second kappa shape index (κ2) is 5.24. The summed E-state index contributed by atoms with van der Waals surface area (Å²) in [6.45, 7) is 5.32. The Morgan fingerprint density at radius 3 is 3.26 bits per heavy atom. The molecular formula is C12H18N6S. The fourth-order valence-corrected chi connectivity index (χ4v) is 2.98. The molecule has 102 valence electrons. The molecule has 0 fully saturated rings. The van der Waals surface area contributed by atoms with Crippen molar-refractivity contribution in [3.05, 3.63) is 18.0 Å². The van der Waals surface area contributed by atoms with E-state index >= 15 is 0 Å². The lowest BCUT2D eigenvalue weighted by atomic mass is 10.1. The lowest BCUT2D eigenvalue weighted by molar-refractivity contribution is 0.437. The fraction of sp³-hybridized carbons (Fsp3) is 0.667. The molecule has 6 nitrogen and oxygen atoms in total. The van der Waals surface area contributed by atoms with Crippen molar-refractivity contribution < 1.29 is 0 Å². The van der Waals surface area contributed by atoms with Crippen LogP contribution in [-0.4, -0.2) is 24.1 Å². The minimum Gasteiger partial charge on any atom is -0.350 e. The predicted octanol–water partition coefficient (Wildman–Crippen LogP) is 2.28. The summed E-state index contributed by atoms with van der Waals surface area (Å²) in [6, 6.07) is 0.205. The summed E-state index contributed by atoms with van der Waals surface area (Å²) in [6.07, 6.45) is 4.74. The van der Waals surface area contributed by atoms with Gasteiger partial charge in [-0.3, -0.25) is 0 Å². The Bertz CT molecular complexity index is 546. The van der Waals surface area contributed by atoms with E-state index in [1.54, 1.807) is 6.33 Å². The highest BCUT2D eigenvalue weighted by Gasteiger charge is 2.23. The molecule has 1 atom stereocenters. The molecule has 19 heavy (non-hydrogen) atoms. The van der Waals surface area contributed by atoms with Crippen LogP contribution < -0.4 is 5.32 Å². The summed E-state index contributed by atoms with van der Waals surface area (Å²) in [5, 5.41) is 8.55. The Balaban J connectivity index is 1.71. The van der Waals surface area contributed by atoms with Gasteiger partial charge in [-0.05, 0) is 18.8 Å². The molecule has 0 bridgehead atoms. The first-order valence-corrected chi connectivity index (χ1v) is 7.46. The molecule has 0 amide bonds. The number of fused-ring (bicyclic) bond motifs is 1. The van der Waals surface area contributed by atoms with Crippen molar-refractivity contribution >= 4 is 16.7 Å². The monoisotopic (exact) mass is 278 g/mol. The minimum absolute atomic E-state index is 0.205. The van der Waals surface area contributed by atoms with Crippen LogP contribution in [0.25, 0.3) is 0 Å². The highest BCUT2D eigenvalue weighted by molar-refractivity contribution is 7.09. The third kappa shape index (κ3) is 2.75. The van der Waals surface area contributed by atoms with E-state index in [0.717, 1.165) is 42.6 Å². The van der Waals surface area contributed by atoms with Crippen molar-refractivity contribution in [2.75, 3.05) is 5.32 Å². The van der Waals surface area contributed by atoms with Gasteiger partial charge >= 0.3 is 0 Å². The Kier molecular flexibility index (Phi) is 3.46. The van der Waals surface area contributed by atoms with E-state index in [0.29, 0.717) is 5.92 Å². The maximum absolute atomic E-state index is 4.54. The molecule has 0 aliphatic carbocycles. The standard InChI is InChI=1S/C12H18N6S/c1-8(2)6-10-16-12(19-17-10)15-9-4-3-5-18-11(9)13-7-14-18/h7-9H,3-6H2,1-2H3,(H,15,16,17). The number of aromatic nitrogens is 5. The zero-order valence-electron chi connectivity index (χ0n) is 11.2. The van der Waals surface area contributed by atoms with Gasteiger partial charge in [0, 0.05) is 24.5 Å². The molecule has 3 heterocycles. The highest BCUT2D eigenvalue weighted by Crippen LogP contribution is 2.27. The summed E-state index contributed by atoms with van der Waals surface area (Å²) < 4.78 is 6.36. The number of nitrogens with one attached hydrogen (secondary N) is 1. The topological polar surface area (TPSA) is 68.5 Å². The molecule has 0 spiro atoms. The molecule has 0 radical (unpaired) electrons. The van der Waals surface area contributed by atoms with Gasteiger partial charge in [0.05, 0.1) is 6.04 Å². The van der Waals surface area contributed by atoms with Gasteiger partial charge in [0.2, 0.25) is 5.13 Å². The second-order valence-electron chi connectivity index (χ2n) is 5.29. The van der Waals surface area contributed by atoms with Gasteiger partial charge < -0.3 is 5.32 Å². The molecule has 1 N–H and O–H groups in total. The molecule has 0 saturated heterocycles. The van der Waals surface area contributed by atoms with E-state index < -0.39 is 0 Å². The summed E-state index contributed by atoms with van der Waals surface area (Å²) in [5.41, 5.74) is 0. The average Bonchev–Trinajstić information content (AvgIpc) is 2.98. The number of anilines is 1. The van der Waals surface area contributed by atoms with Crippen molar-refractivity contribution in [3.8, 4) is 0 Å². The van der Waals surface area contributed by atoms with E-state index in [1.165, 1.54) is 11.5 Å². The van der Waals surface area contributed by atoms with Gasteiger partial charge in [0.15, 0.2) is 0 Å². The third-order valence-electron chi connectivity index (χ3n) is 3.18. The molecule has 2 aromatic rings. The van der Waals surface area contributed by atoms with Crippen LogP contribution in [0.15, 0.2) is 6.33 Å². The Labute approximate surface area is 116 Å². The average molecular weight is 278 g/mol. The van der Waals surface area contributed by atoms with Crippen molar-refractivity contribution in [2.24, 2.45) is 5.92 Å². The maximum atomic E-state index is 4.54. The van der Waals surface area contributed by atoms with E-state index in [4.69, 9.17) is 0 Å². The van der Waals surface area contributed by atoms with Gasteiger partial charge in [-0.2, -0.15) is 9.47 Å². The molecule has 0 aromatic carbocycles. The van der Waals surface area contributed by atoms with Crippen molar-refractivity contribution in [1.29, 1.82) is 0 Å². The van der Waals surface area contributed by atoms with Gasteiger partial charge in [-0.15, -0.1) is 0 Å². The second-order valence-corrected chi connectivity index (χ2v) is 6.05. The number of rotatable bonds is 4. The van der Waals surface area contributed by atoms with E-state index in [9.17, 15) is 0 Å². The molecule has 1 unspecified atom stereocenters. The summed E-state index contributed by atoms with van der Waals surface area (Å²) in [7, 11) is 0. The van der Waals surface area contributed by atoms with Crippen LogP contribution in [0, 0.1) is 5.92 Å². The van der Waals surface area contributed by atoms with Crippen molar-refractivity contribution in [3.63, 3.8) is 0 Å². The van der Waals surface area contributed by atoms with Gasteiger partial charge in [-0.1, -0.05) is 13.8 Å². The fourth-order valence-electron chi connectivity index (χ4n) is 2.34. The molecule has 3 rings (SSSR count). The zero-order chi connectivity index (χ0) is 13.2. The van der Waals surface area contributed by atoms with Gasteiger partial charge in [0.25, 0.3) is 0 Å². The van der Waals surface area contributed by atoms with Crippen LogP contribution in [0.3, 0.4) is 0 Å². The van der Waals surface area contributed by atoms with Gasteiger partial charge in [0.1, 0.15) is 18.0 Å². The Morgan fingerprint density at radius 1 is 1.53 bits per heavy atom. The number of hydrogen-bond donors (Lipinski definition) is 1. The van der Waals surface area contributed by atoms with Crippen LogP contribution >= 0.6 is 11.5 Å². The van der Waals surface area contributed by atoms with E-state index in [1.807, 2.05) is 4.68 Å². The molecule has 7 heteroatoms. The van der Waals surface area contributed by atoms with Crippen LogP contribution in [0.2, 0.25) is 0 Å². The Morgan fingerprint density at radius 2 is 2.42 bits per heavy atom. The number of nitrogens with zero attached hydrogens (tertiary/aromatic N) is 5. The molecular weight excluding hydrogens is 260 g/mol. The highest BCUT2D eigenvalue weighted by atomic mass is 32.1. The molecule has 2 aromatic heterocycles. The lowest BCUT2D eigenvalue weighted by Crippen LogP contribution is -2.22. The first kappa shape index (κ1) is 12.5. The van der Waals surface area contributed by atoms with E-state index in [2.05, 4.69) is 38.6 Å². The quantitative estimate of drug-likeness (QED) is 0.929. The first-order chi connectivity index (χ1) is 9.22. The zero-order valence-corrected chi connectivity index (χ0v) is 12.0. The smallest absolute Gasteiger partial charge is 0.203 e. The van der Waals surface area contributed by atoms with Crippen molar-refractivity contribution in [2.45, 2.75) is 45.7 Å². The Hall–Kier alpha value is -1.50. The number of aryl methyl sites for hydroxylation is 1. The van der Waals surface area contributed by atoms with Crippen LogP contribution in [0.1, 0.15) is 44.4 Å². The van der Waals surface area contributed by atoms with Crippen molar-refractivity contribution in [1.82, 2.24) is 24.1 Å². The van der Waals surface area contributed by atoms with Gasteiger partial charge in [-0.25, -0.2) is 14.6 Å². The largest absolute Gasteiger partial charge is 0.350 e. The van der Waals surface area contributed by atoms with E-state index in [-0.39, 0.29) is 6.04 Å². The van der Waals surface area contributed by atoms with Crippen LogP contribution in [0.5, 0.6) is 0 Å². The SMILES string of the molecule is CC(C)Cc1nsc(NC2CCCn3ncnc32)n1. The first-order valence-electron chi connectivity index (χ1n) is 6.69. The molecule has 1 aliphatic rings.